The first-order valence-electron chi connectivity index (χ1n) is 14.5. The minimum atomic E-state index is -1.96. The number of carbonyl (C=O) groups is 2. The van der Waals surface area contributed by atoms with E-state index in [4.69, 9.17) is 9.47 Å². The molecule has 1 aliphatic rings. The molecule has 1 N–H and O–H groups in total. The quantitative estimate of drug-likeness (QED) is 0.268. The van der Waals surface area contributed by atoms with E-state index >= 15 is 0 Å². The Balaban J connectivity index is 1.52. The summed E-state index contributed by atoms with van der Waals surface area (Å²) in [5.74, 6) is -0.0146. The zero-order valence-corrected chi connectivity index (χ0v) is 25.7. The molecule has 7 heteroatoms. The monoisotopic (exact) mass is 575 g/mol. The molecule has 1 aliphatic heterocycles. The normalized spacial score (nSPS) is 15.1. The van der Waals surface area contributed by atoms with Crippen LogP contribution in [0.3, 0.4) is 0 Å². The smallest absolute Gasteiger partial charge is 0.410 e. The van der Waals surface area contributed by atoms with E-state index in [1.807, 2.05) is 20.8 Å². The van der Waals surface area contributed by atoms with Crippen LogP contribution in [0.15, 0.2) is 91.0 Å². The highest BCUT2D eigenvalue weighted by molar-refractivity contribution is 7.95. The molecule has 1 saturated heterocycles. The molecule has 0 bridgehead atoms. The van der Waals surface area contributed by atoms with Gasteiger partial charge in [0.25, 0.3) is 0 Å². The molecule has 0 atom stereocenters. The van der Waals surface area contributed by atoms with E-state index in [1.165, 1.54) is 20.8 Å². The number of hydrogen-bond donors (Lipinski definition) is 1. The summed E-state index contributed by atoms with van der Waals surface area (Å²) in [4.78, 5) is 28.0. The second-order valence-corrected chi connectivity index (χ2v) is 15.5. The molecular formula is C34H44N2O4P+. The van der Waals surface area contributed by atoms with Crippen molar-refractivity contribution in [1.82, 2.24) is 10.2 Å². The average molecular weight is 576 g/mol. The summed E-state index contributed by atoms with van der Waals surface area (Å²) in [5.41, 5.74) is -1.29. The predicted octanol–water partition coefficient (Wildman–Crippen LogP) is 5.15. The van der Waals surface area contributed by atoms with Crippen molar-refractivity contribution < 1.29 is 19.1 Å². The zero-order chi connectivity index (χ0) is 29.3. The second-order valence-electron chi connectivity index (χ2n) is 11.9. The number of hydrogen-bond acceptors (Lipinski definition) is 4. The highest BCUT2D eigenvalue weighted by Gasteiger charge is 2.45. The predicted molar refractivity (Wildman–Crippen MR) is 169 cm³/mol. The van der Waals surface area contributed by atoms with Crippen molar-refractivity contribution >= 4 is 35.2 Å². The minimum absolute atomic E-state index is 0.0146. The molecule has 4 rings (SSSR count). The standard InChI is InChI=1S/C34H43N2O4P/c1-33(2,3)40-32(38)36(4)27-34(21-24-39-25-22-34)31(37)35-23-14-26-41(28-15-8-5-9-16-28,29-17-10-6-11-18-29)30-19-12-7-13-20-30/h5-13,15-20H,14,21-27H2,1-4H3/p+1. The number of carbonyl (C=O) groups excluding carboxylic acids is 2. The van der Waals surface area contributed by atoms with Crippen LogP contribution in [0.5, 0.6) is 0 Å². The van der Waals surface area contributed by atoms with Crippen LogP contribution in [0, 0.1) is 5.41 Å². The summed E-state index contributed by atoms with van der Waals surface area (Å²) in [7, 11) is -0.254. The third-order valence-corrected chi connectivity index (χ3v) is 12.2. The van der Waals surface area contributed by atoms with Gasteiger partial charge in [-0.3, -0.25) is 4.79 Å². The number of ether oxygens (including phenoxy) is 2. The maximum absolute atomic E-state index is 13.8. The van der Waals surface area contributed by atoms with E-state index in [9.17, 15) is 9.59 Å². The third-order valence-electron chi connectivity index (χ3n) is 7.72. The average Bonchev–Trinajstić information content (AvgIpc) is 2.98. The van der Waals surface area contributed by atoms with Gasteiger partial charge in [-0.15, -0.1) is 0 Å². The number of nitrogens with zero attached hydrogens (tertiary/aromatic N) is 1. The maximum atomic E-state index is 13.8. The molecule has 41 heavy (non-hydrogen) atoms. The second kappa shape index (κ2) is 13.6. The fraction of sp³-hybridized carbons (Fsp3) is 0.412. The Morgan fingerprint density at radius 2 is 1.32 bits per heavy atom. The van der Waals surface area contributed by atoms with Crippen LogP contribution in [-0.2, 0) is 14.3 Å². The molecule has 0 spiro atoms. The molecule has 2 amide bonds. The van der Waals surface area contributed by atoms with E-state index in [0.717, 1.165) is 12.6 Å². The maximum Gasteiger partial charge on any atom is 0.410 e. The van der Waals surface area contributed by atoms with Gasteiger partial charge in [0.05, 0.1) is 11.6 Å². The minimum Gasteiger partial charge on any atom is -0.444 e. The van der Waals surface area contributed by atoms with Crippen molar-refractivity contribution in [2.24, 2.45) is 5.41 Å². The first kappa shape index (κ1) is 30.7. The molecule has 1 fully saturated rings. The van der Waals surface area contributed by atoms with Gasteiger partial charge in [0.1, 0.15) is 28.8 Å². The fourth-order valence-electron chi connectivity index (χ4n) is 5.67. The summed E-state index contributed by atoms with van der Waals surface area (Å²) in [5, 5.41) is 7.27. The van der Waals surface area contributed by atoms with Gasteiger partial charge in [-0.2, -0.15) is 0 Å². The van der Waals surface area contributed by atoms with E-state index in [2.05, 4.69) is 96.3 Å². The lowest BCUT2D eigenvalue weighted by atomic mass is 9.78. The molecule has 0 aliphatic carbocycles. The van der Waals surface area contributed by atoms with Crippen LogP contribution in [0.4, 0.5) is 4.79 Å². The summed E-state index contributed by atoms with van der Waals surface area (Å²) in [6, 6.07) is 32.4. The van der Waals surface area contributed by atoms with Gasteiger partial charge in [-0.1, -0.05) is 54.6 Å². The number of amides is 2. The van der Waals surface area contributed by atoms with Crippen LogP contribution in [0.25, 0.3) is 0 Å². The van der Waals surface area contributed by atoms with Crippen LogP contribution in [-0.4, -0.2) is 62.0 Å². The van der Waals surface area contributed by atoms with Gasteiger partial charge in [0, 0.05) is 33.4 Å². The van der Waals surface area contributed by atoms with Crippen molar-refractivity contribution in [3.05, 3.63) is 91.0 Å². The largest absolute Gasteiger partial charge is 0.444 e. The molecule has 0 unspecified atom stereocenters. The SMILES string of the molecule is CN(CC1(C(=O)NCCC[P+](c2ccccc2)(c2ccccc2)c2ccccc2)CCOCC1)C(=O)OC(C)(C)C. The number of benzene rings is 3. The van der Waals surface area contributed by atoms with Gasteiger partial charge in [0.15, 0.2) is 0 Å². The molecule has 1 heterocycles. The lowest BCUT2D eigenvalue weighted by Crippen LogP contribution is -2.52. The molecule has 0 aromatic heterocycles. The molecule has 6 nitrogen and oxygen atoms in total. The Kier molecular flexibility index (Phi) is 10.2. The number of rotatable bonds is 10. The van der Waals surface area contributed by atoms with E-state index in [0.29, 0.717) is 39.1 Å². The lowest BCUT2D eigenvalue weighted by molar-refractivity contribution is -0.137. The number of nitrogens with one attached hydrogen (secondary N) is 1. The van der Waals surface area contributed by atoms with Crippen LogP contribution in [0.2, 0.25) is 0 Å². The van der Waals surface area contributed by atoms with E-state index in [1.54, 1.807) is 7.05 Å². The first-order chi connectivity index (χ1) is 19.7. The van der Waals surface area contributed by atoms with Gasteiger partial charge < -0.3 is 19.7 Å². The molecule has 0 saturated carbocycles. The Labute approximate surface area is 245 Å². The molecule has 3 aromatic carbocycles. The summed E-state index contributed by atoms with van der Waals surface area (Å²) in [6.45, 7) is 7.40. The summed E-state index contributed by atoms with van der Waals surface area (Å²) < 4.78 is 11.2. The highest BCUT2D eigenvalue weighted by atomic mass is 31.2. The van der Waals surface area contributed by atoms with Crippen LogP contribution < -0.4 is 21.2 Å². The molecule has 3 aromatic rings. The molecular weight excluding hydrogens is 531 g/mol. The topological polar surface area (TPSA) is 67.9 Å². The van der Waals surface area contributed by atoms with Crippen molar-refractivity contribution in [1.29, 1.82) is 0 Å². The summed E-state index contributed by atoms with van der Waals surface area (Å²) in [6.07, 6.45) is 2.48. The lowest BCUT2D eigenvalue weighted by Gasteiger charge is -2.38. The van der Waals surface area contributed by atoms with Gasteiger partial charge in [-0.05, 0) is 76.4 Å². The zero-order valence-electron chi connectivity index (χ0n) is 24.8. The fourth-order valence-corrected chi connectivity index (χ4v) is 10.0. The Morgan fingerprint density at radius 3 is 1.76 bits per heavy atom. The van der Waals surface area contributed by atoms with Crippen molar-refractivity contribution in [3.63, 3.8) is 0 Å². The van der Waals surface area contributed by atoms with Gasteiger partial charge >= 0.3 is 6.09 Å². The van der Waals surface area contributed by atoms with Gasteiger partial charge in [0.2, 0.25) is 5.91 Å². The molecule has 0 radical (unpaired) electrons. The van der Waals surface area contributed by atoms with Gasteiger partial charge in [-0.25, -0.2) is 4.79 Å². The molecule has 218 valence electrons. The summed E-state index contributed by atoms with van der Waals surface area (Å²) >= 11 is 0. The Morgan fingerprint density at radius 1 is 0.854 bits per heavy atom. The van der Waals surface area contributed by atoms with Crippen molar-refractivity contribution in [2.45, 2.75) is 45.6 Å². The first-order valence-corrected chi connectivity index (χ1v) is 16.5. The van der Waals surface area contributed by atoms with Crippen molar-refractivity contribution in [2.75, 3.05) is 39.5 Å². The van der Waals surface area contributed by atoms with Crippen LogP contribution >= 0.6 is 7.26 Å². The highest BCUT2D eigenvalue weighted by Crippen LogP contribution is 2.55. The van der Waals surface area contributed by atoms with Crippen molar-refractivity contribution in [3.8, 4) is 0 Å². The Hall–Kier alpha value is -3.21. The van der Waals surface area contributed by atoms with E-state index < -0.39 is 24.4 Å². The van der Waals surface area contributed by atoms with Crippen LogP contribution in [0.1, 0.15) is 40.0 Å². The van der Waals surface area contributed by atoms with E-state index in [-0.39, 0.29) is 5.91 Å². The Bertz CT molecular complexity index is 1160. The third kappa shape index (κ3) is 7.55.